The number of nitrogens with one attached hydrogen (secondary N) is 2. The van der Waals surface area contributed by atoms with Gasteiger partial charge >= 0.3 is 0 Å². The molecule has 2 N–H and O–H groups in total. The lowest BCUT2D eigenvalue weighted by Crippen LogP contribution is -2.19. The van der Waals surface area contributed by atoms with E-state index >= 15 is 0 Å². The van der Waals surface area contributed by atoms with E-state index in [2.05, 4.69) is 37.5 Å². The van der Waals surface area contributed by atoms with Crippen molar-refractivity contribution >= 4 is 0 Å². The molecule has 22 heavy (non-hydrogen) atoms. The fourth-order valence-corrected chi connectivity index (χ4v) is 2.73. The Bertz CT molecular complexity index is 612. The van der Waals surface area contributed by atoms with Gasteiger partial charge in [-0.25, -0.2) is 9.37 Å². The Morgan fingerprint density at radius 3 is 3.05 bits per heavy atom. The number of aromatic amines is 1. The quantitative estimate of drug-likeness (QED) is 0.838. The van der Waals surface area contributed by atoms with Gasteiger partial charge in [0, 0.05) is 25.1 Å². The zero-order valence-corrected chi connectivity index (χ0v) is 12.8. The standard InChI is InChI=1S/C14H21FN6O/c1-3-11-9(8-22-20-11)6-21(2)7-13-17-14(19-18-13)12-4-10(15)5-16-12/h8,10,12,16H,3-7H2,1-2H3,(H,17,18,19)/t10-,12+/m0/s1. The normalized spacial score (nSPS) is 21.8. The summed E-state index contributed by atoms with van der Waals surface area (Å²) in [4.78, 5) is 6.57. The van der Waals surface area contributed by atoms with E-state index in [0.717, 1.165) is 30.0 Å². The average Bonchev–Trinajstić information content (AvgIpc) is 3.19. The van der Waals surface area contributed by atoms with Crippen LogP contribution >= 0.6 is 0 Å². The molecule has 3 heterocycles. The number of halogens is 1. The number of nitrogens with zero attached hydrogens (tertiary/aromatic N) is 4. The molecule has 0 radical (unpaired) electrons. The van der Waals surface area contributed by atoms with Crippen LogP contribution in [0.3, 0.4) is 0 Å². The van der Waals surface area contributed by atoms with Gasteiger partial charge in [0.1, 0.15) is 18.3 Å². The van der Waals surface area contributed by atoms with E-state index in [1.165, 1.54) is 0 Å². The summed E-state index contributed by atoms with van der Waals surface area (Å²) in [6.45, 7) is 3.79. The van der Waals surface area contributed by atoms with Crippen molar-refractivity contribution in [3.8, 4) is 0 Å². The molecule has 1 aliphatic rings. The summed E-state index contributed by atoms with van der Waals surface area (Å²) in [5, 5.41) is 14.2. The monoisotopic (exact) mass is 308 g/mol. The predicted octanol–water partition coefficient (Wildman–Crippen LogP) is 1.36. The van der Waals surface area contributed by atoms with Crippen LogP contribution in [0.4, 0.5) is 4.39 Å². The summed E-state index contributed by atoms with van der Waals surface area (Å²) in [5.41, 5.74) is 2.07. The molecule has 8 heteroatoms. The highest BCUT2D eigenvalue weighted by molar-refractivity contribution is 5.14. The second-order valence-electron chi connectivity index (χ2n) is 5.75. The molecule has 7 nitrogen and oxygen atoms in total. The summed E-state index contributed by atoms with van der Waals surface area (Å²) in [7, 11) is 2.00. The van der Waals surface area contributed by atoms with E-state index in [-0.39, 0.29) is 6.04 Å². The number of aromatic nitrogens is 4. The van der Waals surface area contributed by atoms with Gasteiger partial charge in [0.25, 0.3) is 0 Å². The molecule has 0 spiro atoms. The number of H-pyrrole nitrogens is 1. The summed E-state index contributed by atoms with van der Waals surface area (Å²) >= 11 is 0. The Kier molecular flexibility index (Phi) is 4.49. The van der Waals surface area contributed by atoms with Gasteiger partial charge in [-0.3, -0.25) is 10.00 Å². The maximum Gasteiger partial charge on any atom is 0.167 e. The first-order valence-electron chi connectivity index (χ1n) is 7.55. The van der Waals surface area contributed by atoms with E-state index in [1.54, 1.807) is 6.26 Å². The van der Waals surface area contributed by atoms with Crippen LogP contribution in [-0.4, -0.2) is 45.0 Å². The molecular formula is C14H21FN6O. The van der Waals surface area contributed by atoms with Gasteiger partial charge in [-0.1, -0.05) is 12.1 Å². The third kappa shape index (κ3) is 3.33. The van der Waals surface area contributed by atoms with Gasteiger partial charge in [-0.15, -0.1) is 0 Å². The van der Waals surface area contributed by atoms with Gasteiger partial charge in [-0.2, -0.15) is 5.10 Å². The molecule has 2 atom stereocenters. The topological polar surface area (TPSA) is 82.9 Å². The maximum atomic E-state index is 13.2. The molecule has 0 aliphatic carbocycles. The van der Waals surface area contributed by atoms with Crippen LogP contribution in [-0.2, 0) is 19.5 Å². The molecule has 1 fully saturated rings. The molecule has 0 saturated carbocycles. The Morgan fingerprint density at radius 2 is 2.32 bits per heavy atom. The molecule has 2 aromatic rings. The second kappa shape index (κ2) is 6.53. The highest BCUT2D eigenvalue weighted by Crippen LogP contribution is 2.22. The SMILES string of the molecule is CCc1nocc1CN(C)Cc1nc([C@H]2C[C@H](F)CN2)n[nH]1. The number of hydrogen-bond acceptors (Lipinski definition) is 6. The van der Waals surface area contributed by atoms with Crippen molar-refractivity contribution in [2.24, 2.45) is 0 Å². The molecule has 120 valence electrons. The molecule has 2 aromatic heterocycles. The third-order valence-corrected chi connectivity index (χ3v) is 3.86. The van der Waals surface area contributed by atoms with Gasteiger partial charge < -0.3 is 9.84 Å². The van der Waals surface area contributed by atoms with Crippen LogP contribution in [0.15, 0.2) is 10.8 Å². The Labute approximate surface area is 128 Å². The second-order valence-corrected chi connectivity index (χ2v) is 5.75. The van der Waals surface area contributed by atoms with E-state index in [1.807, 2.05) is 7.05 Å². The average molecular weight is 308 g/mol. The van der Waals surface area contributed by atoms with Gasteiger partial charge in [0.2, 0.25) is 0 Å². The number of rotatable bonds is 6. The van der Waals surface area contributed by atoms with Crippen LogP contribution in [0.25, 0.3) is 0 Å². The molecule has 0 aromatic carbocycles. The van der Waals surface area contributed by atoms with Crippen molar-refractivity contribution in [2.75, 3.05) is 13.6 Å². The minimum absolute atomic E-state index is 0.0879. The highest BCUT2D eigenvalue weighted by Gasteiger charge is 2.27. The number of hydrogen-bond donors (Lipinski definition) is 2. The first-order chi connectivity index (χ1) is 10.7. The fraction of sp³-hybridized carbons (Fsp3) is 0.643. The minimum atomic E-state index is -0.810. The minimum Gasteiger partial charge on any atom is -0.364 e. The Balaban J connectivity index is 1.58. The predicted molar refractivity (Wildman–Crippen MR) is 77.7 cm³/mol. The van der Waals surface area contributed by atoms with Crippen molar-refractivity contribution in [2.45, 2.75) is 45.1 Å². The number of aryl methyl sites for hydroxylation is 1. The Hall–Kier alpha value is -1.80. The largest absolute Gasteiger partial charge is 0.364 e. The molecular weight excluding hydrogens is 287 g/mol. The maximum absolute atomic E-state index is 13.2. The molecule has 1 saturated heterocycles. The van der Waals surface area contributed by atoms with Crippen molar-refractivity contribution < 1.29 is 8.91 Å². The Morgan fingerprint density at radius 1 is 1.45 bits per heavy atom. The summed E-state index contributed by atoms with van der Waals surface area (Å²) in [6, 6.07) is -0.0879. The molecule has 1 aliphatic heterocycles. The highest BCUT2D eigenvalue weighted by atomic mass is 19.1. The van der Waals surface area contributed by atoms with Gasteiger partial charge in [0.15, 0.2) is 5.82 Å². The van der Waals surface area contributed by atoms with Crippen molar-refractivity contribution in [1.82, 2.24) is 30.6 Å². The van der Waals surface area contributed by atoms with Crippen LogP contribution < -0.4 is 5.32 Å². The van der Waals surface area contributed by atoms with Crippen LogP contribution in [0.5, 0.6) is 0 Å². The lowest BCUT2D eigenvalue weighted by atomic mass is 10.2. The van der Waals surface area contributed by atoms with E-state index in [9.17, 15) is 4.39 Å². The molecule has 3 rings (SSSR count). The molecule has 0 bridgehead atoms. The van der Waals surface area contributed by atoms with Crippen molar-refractivity contribution in [3.63, 3.8) is 0 Å². The summed E-state index contributed by atoms with van der Waals surface area (Å²) in [5.74, 6) is 1.42. The molecule has 0 unspecified atom stereocenters. The smallest absolute Gasteiger partial charge is 0.167 e. The van der Waals surface area contributed by atoms with Gasteiger partial charge in [-0.05, 0) is 13.5 Å². The van der Waals surface area contributed by atoms with E-state index < -0.39 is 6.17 Å². The lowest BCUT2D eigenvalue weighted by molar-refractivity contribution is 0.308. The zero-order chi connectivity index (χ0) is 15.5. The van der Waals surface area contributed by atoms with Crippen LogP contribution in [0.2, 0.25) is 0 Å². The van der Waals surface area contributed by atoms with Crippen molar-refractivity contribution in [3.05, 3.63) is 29.2 Å². The zero-order valence-electron chi connectivity index (χ0n) is 12.8. The third-order valence-electron chi connectivity index (χ3n) is 3.86. The number of alkyl halides is 1. The molecule has 0 amide bonds. The van der Waals surface area contributed by atoms with Crippen LogP contribution in [0.1, 0.15) is 42.3 Å². The van der Waals surface area contributed by atoms with Gasteiger partial charge in [0.05, 0.1) is 18.3 Å². The first-order valence-corrected chi connectivity index (χ1v) is 7.55. The van der Waals surface area contributed by atoms with Crippen molar-refractivity contribution in [1.29, 1.82) is 0 Å². The summed E-state index contributed by atoms with van der Waals surface area (Å²) < 4.78 is 18.2. The van der Waals surface area contributed by atoms with Crippen LogP contribution in [0, 0.1) is 0 Å². The summed E-state index contributed by atoms with van der Waals surface area (Å²) in [6.07, 6.45) is 2.17. The fourth-order valence-electron chi connectivity index (χ4n) is 2.73. The van der Waals surface area contributed by atoms with E-state index in [0.29, 0.717) is 25.3 Å². The van der Waals surface area contributed by atoms with E-state index in [4.69, 9.17) is 4.52 Å². The first kappa shape index (κ1) is 15.1. The lowest BCUT2D eigenvalue weighted by Gasteiger charge is -2.13.